The summed E-state index contributed by atoms with van der Waals surface area (Å²) in [5.74, 6) is -1.53. The highest BCUT2D eigenvalue weighted by molar-refractivity contribution is 5.95. The molecule has 1 heterocycles. The minimum absolute atomic E-state index is 0.172. The molecule has 1 aromatic heterocycles. The predicted molar refractivity (Wildman–Crippen MR) is 90.9 cm³/mol. The van der Waals surface area contributed by atoms with Crippen LogP contribution in [0.25, 0.3) is 5.69 Å². The van der Waals surface area contributed by atoms with Crippen LogP contribution in [0.5, 0.6) is 0 Å². The molecule has 1 N–H and O–H groups in total. The van der Waals surface area contributed by atoms with Gasteiger partial charge in [0.1, 0.15) is 5.82 Å². The van der Waals surface area contributed by atoms with Crippen molar-refractivity contribution in [2.24, 2.45) is 0 Å². The van der Waals surface area contributed by atoms with Crippen LogP contribution in [0.4, 0.5) is 17.6 Å². The van der Waals surface area contributed by atoms with Crippen LogP contribution >= 0.6 is 0 Å². The number of aryl methyl sites for hydroxylation is 1. The highest BCUT2D eigenvalue weighted by atomic mass is 19.4. The van der Waals surface area contributed by atoms with E-state index in [1.807, 2.05) is 0 Å². The Morgan fingerprint density at radius 1 is 1.11 bits per heavy atom. The molecule has 0 saturated carbocycles. The summed E-state index contributed by atoms with van der Waals surface area (Å²) in [5, 5.41) is 6.08. The average Bonchev–Trinajstić information content (AvgIpc) is 3.06. The molecule has 0 unspecified atom stereocenters. The molecule has 3 rings (SSSR count). The van der Waals surface area contributed by atoms with Gasteiger partial charge in [-0.2, -0.15) is 18.3 Å². The Kier molecular flexibility index (Phi) is 4.98. The van der Waals surface area contributed by atoms with E-state index in [0.29, 0.717) is 10.2 Å². The summed E-state index contributed by atoms with van der Waals surface area (Å²) >= 11 is 0. The normalized spacial score (nSPS) is 11.4. The minimum Gasteiger partial charge on any atom is -0.348 e. The van der Waals surface area contributed by atoms with Crippen LogP contribution < -0.4 is 5.32 Å². The molecule has 0 saturated heterocycles. The van der Waals surface area contributed by atoms with Crippen molar-refractivity contribution in [2.45, 2.75) is 19.6 Å². The highest BCUT2D eigenvalue weighted by Gasteiger charge is 2.40. The Hall–Kier alpha value is -3.16. The van der Waals surface area contributed by atoms with Gasteiger partial charge in [-0.1, -0.05) is 36.4 Å². The molecule has 4 nitrogen and oxygen atoms in total. The molecule has 0 atom stereocenters. The lowest BCUT2D eigenvalue weighted by Gasteiger charge is -2.14. The molecule has 0 aliphatic carbocycles. The first kappa shape index (κ1) is 18.6. The van der Waals surface area contributed by atoms with E-state index >= 15 is 0 Å². The van der Waals surface area contributed by atoms with Crippen LogP contribution in [-0.4, -0.2) is 15.7 Å². The first-order chi connectivity index (χ1) is 12.8. The molecule has 2 aromatic carbocycles. The van der Waals surface area contributed by atoms with E-state index in [-0.39, 0.29) is 17.8 Å². The van der Waals surface area contributed by atoms with Gasteiger partial charge in [-0.15, -0.1) is 0 Å². The number of hydrogen-bond acceptors (Lipinski definition) is 2. The standard InChI is InChI=1S/C19H15F4N3O/c1-12-6-2-5-9-16(12)26-17(19(21,22)23)14(11-25-26)18(27)24-10-13-7-3-4-8-15(13)20/h2-9,11H,10H2,1H3,(H,24,27). The second-order valence-corrected chi connectivity index (χ2v) is 5.88. The molecule has 140 valence electrons. The number of nitrogens with one attached hydrogen (secondary N) is 1. The van der Waals surface area contributed by atoms with Crippen LogP contribution in [0.1, 0.15) is 27.2 Å². The number of hydrogen-bond donors (Lipinski definition) is 1. The van der Waals surface area contributed by atoms with Crippen LogP contribution in [0.3, 0.4) is 0 Å². The Morgan fingerprint density at radius 3 is 2.44 bits per heavy atom. The van der Waals surface area contributed by atoms with E-state index in [2.05, 4.69) is 10.4 Å². The van der Waals surface area contributed by atoms with E-state index in [9.17, 15) is 22.4 Å². The smallest absolute Gasteiger partial charge is 0.348 e. The molecule has 27 heavy (non-hydrogen) atoms. The Bertz CT molecular complexity index is 979. The van der Waals surface area contributed by atoms with Gasteiger partial charge in [-0.05, 0) is 24.6 Å². The van der Waals surface area contributed by atoms with Gasteiger partial charge in [-0.25, -0.2) is 9.07 Å². The minimum atomic E-state index is -4.80. The van der Waals surface area contributed by atoms with Crippen LogP contribution in [0, 0.1) is 12.7 Å². The molecule has 0 fully saturated rings. The van der Waals surface area contributed by atoms with Gasteiger partial charge in [0.15, 0.2) is 5.69 Å². The third-order valence-corrected chi connectivity index (χ3v) is 4.02. The number of carbonyl (C=O) groups is 1. The second kappa shape index (κ2) is 7.22. The zero-order valence-electron chi connectivity index (χ0n) is 14.2. The molecule has 3 aromatic rings. The van der Waals surface area contributed by atoms with Crippen molar-refractivity contribution in [3.05, 3.63) is 82.9 Å². The van der Waals surface area contributed by atoms with E-state index in [1.165, 1.54) is 24.3 Å². The number of amides is 1. The van der Waals surface area contributed by atoms with Crippen molar-refractivity contribution in [1.82, 2.24) is 15.1 Å². The third kappa shape index (κ3) is 3.84. The van der Waals surface area contributed by atoms with E-state index < -0.39 is 29.2 Å². The Labute approximate surface area is 152 Å². The number of nitrogens with zero attached hydrogens (tertiary/aromatic N) is 2. The first-order valence-corrected chi connectivity index (χ1v) is 8.02. The lowest BCUT2D eigenvalue weighted by molar-refractivity contribution is -0.143. The zero-order chi connectivity index (χ0) is 19.6. The van der Waals surface area contributed by atoms with Gasteiger partial charge in [-0.3, -0.25) is 4.79 Å². The summed E-state index contributed by atoms with van der Waals surface area (Å²) in [6.45, 7) is 1.41. The summed E-state index contributed by atoms with van der Waals surface area (Å²) in [6.07, 6.45) is -3.94. The Balaban J connectivity index is 1.95. The molecule has 0 bridgehead atoms. The first-order valence-electron chi connectivity index (χ1n) is 8.02. The number of para-hydroxylation sites is 1. The lowest BCUT2D eigenvalue weighted by Crippen LogP contribution is -2.26. The quantitative estimate of drug-likeness (QED) is 0.691. The number of halogens is 4. The molecule has 8 heteroatoms. The van der Waals surface area contributed by atoms with Gasteiger partial charge in [0, 0.05) is 12.1 Å². The maximum atomic E-state index is 13.6. The SMILES string of the molecule is Cc1ccccc1-n1ncc(C(=O)NCc2ccccc2F)c1C(F)(F)F. The van der Waals surface area contributed by atoms with Crippen molar-refractivity contribution in [1.29, 1.82) is 0 Å². The van der Waals surface area contributed by atoms with E-state index in [1.54, 1.807) is 31.2 Å². The maximum Gasteiger partial charge on any atom is 0.434 e. The third-order valence-electron chi connectivity index (χ3n) is 4.02. The molecule has 0 aliphatic heterocycles. The molecule has 0 aliphatic rings. The van der Waals surface area contributed by atoms with E-state index in [4.69, 9.17) is 0 Å². The van der Waals surface area contributed by atoms with Crippen molar-refractivity contribution >= 4 is 5.91 Å². The number of benzene rings is 2. The van der Waals surface area contributed by atoms with Crippen molar-refractivity contribution < 1.29 is 22.4 Å². The van der Waals surface area contributed by atoms with Gasteiger partial charge >= 0.3 is 6.18 Å². The molecular formula is C19H15F4N3O. The monoisotopic (exact) mass is 377 g/mol. The van der Waals surface area contributed by atoms with Crippen molar-refractivity contribution in [3.8, 4) is 5.69 Å². The number of carbonyl (C=O) groups excluding carboxylic acids is 1. The summed E-state index contributed by atoms with van der Waals surface area (Å²) in [7, 11) is 0. The molecular weight excluding hydrogens is 362 g/mol. The summed E-state index contributed by atoms with van der Waals surface area (Å²) in [4.78, 5) is 12.3. The van der Waals surface area contributed by atoms with Crippen molar-refractivity contribution in [3.63, 3.8) is 0 Å². The summed E-state index contributed by atoms with van der Waals surface area (Å²) in [5.41, 5.74) is -0.835. The summed E-state index contributed by atoms with van der Waals surface area (Å²) in [6, 6.07) is 12.1. The number of aromatic nitrogens is 2. The summed E-state index contributed by atoms with van der Waals surface area (Å²) < 4.78 is 55.3. The van der Waals surface area contributed by atoms with Gasteiger partial charge in [0.05, 0.1) is 17.4 Å². The topological polar surface area (TPSA) is 46.9 Å². The van der Waals surface area contributed by atoms with Crippen molar-refractivity contribution in [2.75, 3.05) is 0 Å². The van der Waals surface area contributed by atoms with Gasteiger partial charge in [0.2, 0.25) is 0 Å². The fourth-order valence-corrected chi connectivity index (χ4v) is 2.68. The fourth-order valence-electron chi connectivity index (χ4n) is 2.68. The average molecular weight is 377 g/mol. The van der Waals surface area contributed by atoms with Gasteiger partial charge < -0.3 is 5.32 Å². The highest BCUT2D eigenvalue weighted by Crippen LogP contribution is 2.34. The lowest BCUT2D eigenvalue weighted by atomic mass is 10.1. The fraction of sp³-hybridized carbons (Fsp3) is 0.158. The van der Waals surface area contributed by atoms with Gasteiger partial charge in [0.25, 0.3) is 5.91 Å². The van der Waals surface area contributed by atoms with E-state index in [0.717, 1.165) is 6.20 Å². The molecule has 0 spiro atoms. The predicted octanol–water partition coefficient (Wildman–Crippen LogP) is 4.27. The number of rotatable bonds is 4. The maximum absolute atomic E-state index is 13.6. The van der Waals surface area contributed by atoms with Crippen LogP contribution in [0.15, 0.2) is 54.7 Å². The Morgan fingerprint density at radius 2 is 1.78 bits per heavy atom. The number of alkyl halides is 3. The van der Waals surface area contributed by atoms with Crippen LogP contribution in [0.2, 0.25) is 0 Å². The largest absolute Gasteiger partial charge is 0.434 e. The molecule has 0 radical (unpaired) electrons. The second-order valence-electron chi connectivity index (χ2n) is 5.88. The molecule has 1 amide bonds. The zero-order valence-corrected chi connectivity index (χ0v) is 14.2. The van der Waals surface area contributed by atoms with Crippen LogP contribution in [-0.2, 0) is 12.7 Å².